The number of hydrogen-bond donors (Lipinski definition) is 1. The average Bonchev–Trinajstić information content (AvgIpc) is 3.46. The Kier molecular flexibility index (Phi) is 5.02. The molecule has 33 heavy (non-hydrogen) atoms. The maximum Gasteiger partial charge on any atom is 0.434 e. The minimum Gasteiger partial charge on any atom is -0.386 e. The summed E-state index contributed by atoms with van der Waals surface area (Å²) in [6, 6.07) is 24.1. The normalized spacial score (nSPS) is 11.5. The summed E-state index contributed by atoms with van der Waals surface area (Å²) in [6.45, 7) is 0. The highest BCUT2D eigenvalue weighted by Crippen LogP contribution is 2.29. The zero-order valence-electron chi connectivity index (χ0n) is 17.5. The van der Waals surface area contributed by atoms with Crippen LogP contribution in [-0.2, 0) is 9.84 Å². The van der Waals surface area contributed by atoms with E-state index in [-0.39, 0.29) is 10.8 Å². The number of sulfone groups is 1. The number of aromatic nitrogens is 4. The molecule has 0 fully saturated rings. The number of nitrogens with one attached hydrogen (secondary N) is 1. The largest absolute Gasteiger partial charge is 0.434 e. The van der Waals surface area contributed by atoms with Crippen LogP contribution in [0.25, 0.3) is 39.8 Å². The quantitative estimate of drug-likeness (QED) is 0.427. The SMILES string of the molecule is CS(=O)(=O)c1cccc(-c2ccc(-n3cc(-c4n[nH]c(=O)o4)nc3-c3ccccc3)cc2)c1. The van der Waals surface area contributed by atoms with Crippen LogP contribution in [0.15, 0.2) is 99.2 Å². The van der Waals surface area contributed by atoms with Crippen LogP contribution in [0, 0.1) is 0 Å². The number of imidazole rings is 1. The van der Waals surface area contributed by atoms with Crippen LogP contribution in [0.1, 0.15) is 0 Å². The van der Waals surface area contributed by atoms with E-state index in [4.69, 9.17) is 4.42 Å². The van der Waals surface area contributed by atoms with Crippen molar-refractivity contribution in [3.8, 4) is 39.8 Å². The second-order valence-corrected chi connectivity index (χ2v) is 9.47. The summed E-state index contributed by atoms with van der Waals surface area (Å²) < 4.78 is 30.8. The van der Waals surface area contributed by atoms with E-state index in [1.807, 2.05) is 65.2 Å². The molecular weight excluding hydrogens is 440 g/mol. The monoisotopic (exact) mass is 458 g/mol. The number of hydrogen-bond acceptors (Lipinski definition) is 6. The van der Waals surface area contributed by atoms with Gasteiger partial charge in [-0.15, -0.1) is 5.10 Å². The standard InChI is InChI=1S/C24H18N4O4S/c1-33(30,31)20-9-5-8-18(14-20)16-10-12-19(13-11-16)28-15-21(23-26-27-24(29)32-23)25-22(28)17-6-3-2-4-7-17/h2-15H,1H3,(H,27,29). The van der Waals surface area contributed by atoms with Crippen LogP contribution in [0.4, 0.5) is 0 Å². The van der Waals surface area contributed by atoms with Gasteiger partial charge in [0.05, 0.1) is 4.90 Å². The molecule has 0 unspecified atom stereocenters. The molecule has 0 spiro atoms. The average molecular weight is 458 g/mol. The summed E-state index contributed by atoms with van der Waals surface area (Å²) in [6.07, 6.45) is 2.94. The Morgan fingerprint density at radius 2 is 1.61 bits per heavy atom. The van der Waals surface area contributed by atoms with Crippen molar-refractivity contribution >= 4 is 9.84 Å². The third-order valence-corrected chi connectivity index (χ3v) is 6.25. The molecule has 2 aromatic heterocycles. The topological polar surface area (TPSA) is 111 Å². The Morgan fingerprint density at radius 1 is 0.879 bits per heavy atom. The van der Waals surface area contributed by atoms with Crippen molar-refractivity contribution < 1.29 is 12.8 Å². The van der Waals surface area contributed by atoms with Crippen molar-refractivity contribution in [2.75, 3.05) is 6.26 Å². The summed E-state index contributed by atoms with van der Waals surface area (Å²) in [5.41, 5.74) is 3.80. The molecular formula is C24H18N4O4S. The van der Waals surface area contributed by atoms with Crippen LogP contribution in [-0.4, -0.2) is 34.4 Å². The van der Waals surface area contributed by atoms with E-state index in [2.05, 4.69) is 15.2 Å². The van der Waals surface area contributed by atoms with Gasteiger partial charge in [0, 0.05) is 23.7 Å². The van der Waals surface area contributed by atoms with Crippen LogP contribution in [0.2, 0.25) is 0 Å². The highest BCUT2D eigenvalue weighted by Gasteiger charge is 2.17. The van der Waals surface area contributed by atoms with E-state index in [1.165, 1.54) is 6.26 Å². The first-order chi connectivity index (χ1) is 15.9. The Labute approximate surface area is 189 Å². The van der Waals surface area contributed by atoms with Gasteiger partial charge in [0.1, 0.15) is 11.5 Å². The van der Waals surface area contributed by atoms with Crippen molar-refractivity contribution in [1.82, 2.24) is 19.7 Å². The molecule has 5 aromatic rings. The highest BCUT2D eigenvalue weighted by atomic mass is 32.2. The van der Waals surface area contributed by atoms with E-state index in [0.717, 1.165) is 22.4 Å². The van der Waals surface area contributed by atoms with Gasteiger partial charge in [-0.25, -0.2) is 23.3 Å². The van der Waals surface area contributed by atoms with Gasteiger partial charge in [0.2, 0.25) is 0 Å². The van der Waals surface area contributed by atoms with Gasteiger partial charge in [0.25, 0.3) is 5.89 Å². The number of H-pyrrole nitrogens is 1. The summed E-state index contributed by atoms with van der Waals surface area (Å²) >= 11 is 0. The number of nitrogens with zero attached hydrogens (tertiary/aromatic N) is 3. The van der Waals surface area contributed by atoms with Crippen LogP contribution >= 0.6 is 0 Å². The van der Waals surface area contributed by atoms with E-state index in [9.17, 15) is 13.2 Å². The third kappa shape index (κ3) is 4.13. The molecule has 5 rings (SSSR count). The first-order valence-corrected chi connectivity index (χ1v) is 11.9. The molecule has 0 amide bonds. The van der Waals surface area contributed by atoms with Crippen molar-refractivity contribution in [3.05, 3.63) is 95.6 Å². The fourth-order valence-corrected chi connectivity index (χ4v) is 4.20. The van der Waals surface area contributed by atoms with Gasteiger partial charge >= 0.3 is 5.76 Å². The minimum atomic E-state index is -3.29. The Balaban J connectivity index is 1.58. The molecule has 0 bridgehead atoms. The highest BCUT2D eigenvalue weighted by molar-refractivity contribution is 7.90. The van der Waals surface area contributed by atoms with E-state index in [0.29, 0.717) is 11.5 Å². The molecule has 0 aliphatic carbocycles. The molecule has 0 radical (unpaired) electrons. The molecule has 8 nitrogen and oxygen atoms in total. The van der Waals surface area contributed by atoms with Crippen molar-refractivity contribution in [2.24, 2.45) is 0 Å². The van der Waals surface area contributed by atoms with Gasteiger partial charge < -0.3 is 4.42 Å². The van der Waals surface area contributed by atoms with Crippen molar-refractivity contribution in [2.45, 2.75) is 4.90 Å². The van der Waals surface area contributed by atoms with E-state index < -0.39 is 15.6 Å². The van der Waals surface area contributed by atoms with Gasteiger partial charge in [-0.2, -0.15) is 0 Å². The Bertz CT molecular complexity index is 1600. The molecule has 1 N–H and O–H groups in total. The first kappa shape index (κ1) is 20.7. The molecule has 0 aliphatic rings. The lowest BCUT2D eigenvalue weighted by molar-refractivity contribution is 0.525. The van der Waals surface area contributed by atoms with Crippen molar-refractivity contribution in [3.63, 3.8) is 0 Å². The van der Waals surface area contributed by atoms with Crippen LogP contribution in [0.5, 0.6) is 0 Å². The molecule has 0 atom stereocenters. The van der Waals surface area contributed by atoms with Crippen LogP contribution in [0.3, 0.4) is 0 Å². The maximum atomic E-state index is 11.9. The zero-order chi connectivity index (χ0) is 23.0. The molecule has 0 saturated heterocycles. The predicted molar refractivity (Wildman–Crippen MR) is 124 cm³/mol. The van der Waals surface area contributed by atoms with Crippen molar-refractivity contribution in [1.29, 1.82) is 0 Å². The number of rotatable bonds is 5. The van der Waals surface area contributed by atoms with Gasteiger partial charge in [-0.05, 0) is 35.4 Å². The Hall–Kier alpha value is -4.24. The smallest absolute Gasteiger partial charge is 0.386 e. The summed E-state index contributed by atoms with van der Waals surface area (Å²) in [5.74, 6) is 0.106. The Morgan fingerprint density at radius 3 is 2.27 bits per heavy atom. The molecule has 9 heteroatoms. The maximum absolute atomic E-state index is 11.9. The minimum absolute atomic E-state index is 0.102. The molecule has 3 aromatic carbocycles. The van der Waals surface area contributed by atoms with Gasteiger partial charge in [0.15, 0.2) is 9.84 Å². The summed E-state index contributed by atoms with van der Waals surface area (Å²) in [5, 5.41) is 6.13. The second kappa shape index (κ2) is 8.03. The lowest BCUT2D eigenvalue weighted by Gasteiger charge is -2.10. The summed E-state index contributed by atoms with van der Waals surface area (Å²) in [4.78, 5) is 16.3. The number of benzene rings is 3. The van der Waals surface area contributed by atoms with Gasteiger partial charge in [-0.1, -0.05) is 54.6 Å². The molecule has 0 aliphatic heterocycles. The lowest BCUT2D eigenvalue weighted by atomic mass is 10.1. The fourth-order valence-electron chi connectivity index (χ4n) is 3.53. The third-order valence-electron chi connectivity index (χ3n) is 5.14. The summed E-state index contributed by atoms with van der Waals surface area (Å²) in [7, 11) is -3.29. The molecule has 2 heterocycles. The van der Waals surface area contributed by atoms with Gasteiger partial charge in [-0.3, -0.25) is 4.57 Å². The second-order valence-electron chi connectivity index (χ2n) is 7.45. The molecule has 0 saturated carbocycles. The first-order valence-electron chi connectivity index (χ1n) is 10.0. The zero-order valence-corrected chi connectivity index (χ0v) is 18.3. The van der Waals surface area contributed by atoms with E-state index in [1.54, 1.807) is 24.4 Å². The lowest BCUT2D eigenvalue weighted by Crippen LogP contribution is -1.97. The predicted octanol–water partition coefficient (Wildman–Crippen LogP) is 3.95. The fraction of sp³-hybridized carbons (Fsp3) is 0.0417. The van der Waals surface area contributed by atoms with E-state index >= 15 is 0 Å². The van der Waals surface area contributed by atoms with Crippen LogP contribution < -0.4 is 5.76 Å². The molecule has 164 valence electrons. The number of aromatic amines is 1.